The summed E-state index contributed by atoms with van der Waals surface area (Å²) in [6.45, 7) is 0. The molecule has 7 heteroatoms. The van der Waals surface area contributed by atoms with E-state index in [2.05, 4.69) is 4.98 Å². The fourth-order valence-corrected chi connectivity index (χ4v) is 2.21. The van der Waals surface area contributed by atoms with Gasteiger partial charge in [-0.05, 0) is 30.3 Å². The Labute approximate surface area is 109 Å². The zero-order chi connectivity index (χ0) is 13.3. The van der Waals surface area contributed by atoms with E-state index in [4.69, 9.17) is 16.7 Å². The third-order valence-electron chi connectivity index (χ3n) is 2.31. The van der Waals surface area contributed by atoms with Crippen molar-refractivity contribution >= 4 is 21.6 Å². The fourth-order valence-electron chi connectivity index (χ4n) is 1.47. The van der Waals surface area contributed by atoms with E-state index in [-0.39, 0.29) is 21.4 Å². The monoisotopic (exact) mass is 284 g/mol. The van der Waals surface area contributed by atoms with Crippen LogP contribution in [0.15, 0.2) is 41.4 Å². The molecular formula is C11H9ClN2O3S. The van der Waals surface area contributed by atoms with Crippen molar-refractivity contribution in [2.24, 2.45) is 5.14 Å². The van der Waals surface area contributed by atoms with Crippen LogP contribution in [0, 0.1) is 0 Å². The summed E-state index contributed by atoms with van der Waals surface area (Å²) in [7, 11) is -3.83. The first-order chi connectivity index (χ1) is 8.39. The lowest BCUT2D eigenvalue weighted by molar-refractivity contribution is 0.475. The van der Waals surface area contributed by atoms with Crippen LogP contribution >= 0.6 is 11.6 Å². The van der Waals surface area contributed by atoms with Crippen molar-refractivity contribution in [3.8, 4) is 17.0 Å². The van der Waals surface area contributed by atoms with E-state index in [1.54, 1.807) is 6.07 Å². The molecule has 0 spiro atoms. The number of aromatic nitrogens is 1. The minimum atomic E-state index is -3.83. The van der Waals surface area contributed by atoms with E-state index < -0.39 is 10.0 Å². The second-order valence-electron chi connectivity index (χ2n) is 3.56. The summed E-state index contributed by atoms with van der Waals surface area (Å²) < 4.78 is 22.5. The van der Waals surface area contributed by atoms with Crippen molar-refractivity contribution in [2.45, 2.75) is 4.90 Å². The van der Waals surface area contributed by atoms with Gasteiger partial charge in [0.25, 0.3) is 0 Å². The molecule has 0 bridgehead atoms. The van der Waals surface area contributed by atoms with E-state index in [0.717, 1.165) is 0 Å². The molecule has 2 rings (SSSR count). The summed E-state index contributed by atoms with van der Waals surface area (Å²) in [5.74, 6) is -0.0917. The number of hydrogen-bond donors (Lipinski definition) is 2. The second-order valence-corrected chi connectivity index (χ2v) is 5.53. The molecular weight excluding hydrogens is 276 g/mol. The number of benzene rings is 1. The predicted molar refractivity (Wildman–Crippen MR) is 67.7 cm³/mol. The molecule has 0 unspecified atom stereocenters. The summed E-state index contributed by atoms with van der Waals surface area (Å²) in [6.07, 6.45) is 1.47. The fraction of sp³-hybridized carbons (Fsp3) is 0. The van der Waals surface area contributed by atoms with Gasteiger partial charge in [-0.3, -0.25) is 4.98 Å². The Hall–Kier alpha value is -1.63. The molecule has 94 valence electrons. The van der Waals surface area contributed by atoms with Crippen molar-refractivity contribution in [3.05, 3.63) is 41.6 Å². The van der Waals surface area contributed by atoms with Gasteiger partial charge in [-0.2, -0.15) is 0 Å². The lowest BCUT2D eigenvalue weighted by Crippen LogP contribution is -2.12. The number of pyridine rings is 1. The summed E-state index contributed by atoms with van der Waals surface area (Å²) >= 11 is 5.97. The number of aromatic hydroxyl groups is 1. The molecule has 0 saturated heterocycles. The average Bonchev–Trinajstić information content (AvgIpc) is 2.29. The smallest absolute Gasteiger partial charge is 0.238 e. The van der Waals surface area contributed by atoms with Crippen LogP contribution in [0.2, 0.25) is 5.02 Å². The van der Waals surface area contributed by atoms with E-state index in [1.165, 1.54) is 30.5 Å². The summed E-state index contributed by atoms with van der Waals surface area (Å²) in [4.78, 5) is 3.87. The minimum Gasteiger partial charge on any atom is -0.506 e. The lowest BCUT2D eigenvalue weighted by atomic mass is 10.1. The van der Waals surface area contributed by atoms with Gasteiger partial charge in [-0.15, -0.1) is 0 Å². The zero-order valence-corrected chi connectivity index (χ0v) is 10.6. The summed E-state index contributed by atoms with van der Waals surface area (Å²) in [5, 5.41) is 15.0. The molecule has 5 nitrogen and oxygen atoms in total. The highest BCUT2D eigenvalue weighted by Crippen LogP contribution is 2.33. The molecule has 0 atom stereocenters. The van der Waals surface area contributed by atoms with Crippen LogP contribution in [0.4, 0.5) is 0 Å². The van der Waals surface area contributed by atoms with Crippen molar-refractivity contribution in [1.82, 2.24) is 4.98 Å². The molecule has 0 aliphatic rings. The highest BCUT2D eigenvalue weighted by molar-refractivity contribution is 7.89. The van der Waals surface area contributed by atoms with Crippen LogP contribution in [0.5, 0.6) is 5.75 Å². The van der Waals surface area contributed by atoms with Crippen LogP contribution in [-0.2, 0) is 10.0 Å². The van der Waals surface area contributed by atoms with Crippen LogP contribution in [0.3, 0.4) is 0 Å². The molecule has 0 aliphatic carbocycles. The van der Waals surface area contributed by atoms with Gasteiger partial charge in [0.2, 0.25) is 10.0 Å². The Bertz CT molecular complexity index is 701. The first kappa shape index (κ1) is 12.8. The van der Waals surface area contributed by atoms with E-state index in [9.17, 15) is 13.5 Å². The van der Waals surface area contributed by atoms with E-state index >= 15 is 0 Å². The number of rotatable bonds is 2. The molecule has 0 radical (unpaired) electrons. The van der Waals surface area contributed by atoms with E-state index in [0.29, 0.717) is 5.56 Å². The molecule has 0 fully saturated rings. The number of hydrogen-bond acceptors (Lipinski definition) is 4. The van der Waals surface area contributed by atoms with Gasteiger partial charge in [0.05, 0.1) is 9.92 Å². The number of sulfonamides is 1. The molecule has 1 aromatic carbocycles. The molecule has 1 aromatic heterocycles. The molecule has 18 heavy (non-hydrogen) atoms. The molecule has 3 N–H and O–H groups in total. The van der Waals surface area contributed by atoms with E-state index in [1.807, 2.05) is 0 Å². The first-order valence-electron chi connectivity index (χ1n) is 4.86. The Kier molecular flexibility index (Phi) is 3.25. The molecule has 2 aromatic rings. The SMILES string of the molecule is NS(=O)(=O)c1ccc(Cl)c(-c2ncccc2O)c1. The minimum absolute atomic E-state index is 0.0908. The lowest BCUT2D eigenvalue weighted by Gasteiger charge is -2.07. The number of nitrogens with zero attached hydrogens (tertiary/aromatic N) is 1. The van der Waals surface area contributed by atoms with Gasteiger partial charge in [-0.25, -0.2) is 13.6 Å². The third-order valence-corrected chi connectivity index (χ3v) is 3.55. The van der Waals surface area contributed by atoms with Crippen molar-refractivity contribution in [1.29, 1.82) is 0 Å². The Balaban J connectivity index is 2.69. The maximum absolute atomic E-state index is 11.3. The quantitative estimate of drug-likeness (QED) is 0.878. The summed E-state index contributed by atoms with van der Waals surface area (Å²) in [6, 6.07) is 6.95. The molecule has 1 heterocycles. The van der Waals surface area contributed by atoms with Gasteiger partial charge >= 0.3 is 0 Å². The van der Waals surface area contributed by atoms with Crippen molar-refractivity contribution in [3.63, 3.8) is 0 Å². The highest BCUT2D eigenvalue weighted by Gasteiger charge is 2.14. The van der Waals surface area contributed by atoms with Gasteiger partial charge in [0.1, 0.15) is 11.4 Å². The maximum Gasteiger partial charge on any atom is 0.238 e. The van der Waals surface area contributed by atoms with Crippen LogP contribution in [0.25, 0.3) is 11.3 Å². The topological polar surface area (TPSA) is 93.3 Å². The van der Waals surface area contributed by atoms with Crippen LogP contribution in [0.1, 0.15) is 0 Å². The van der Waals surface area contributed by atoms with Gasteiger partial charge in [0.15, 0.2) is 0 Å². The van der Waals surface area contributed by atoms with Crippen molar-refractivity contribution < 1.29 is 13.5 Å². The van der Waals surface area contributed by atoms with Crippen molar-refractivity contribution in [2.75, 3.05) is 0 Å². The first-order valence-corrected chi connectivity index (χ1v) is 6.79. The highest BCUT2D eigenvalue weighted by atomic mass is 35.5. The van der Waals surface area contributed by atoms with Crippen LogP contribution < -0.4 is 5.14 Å². The Morgan fingerprint density at radius 3 is 2.61 bits per heavy atom. The predicted octanol–water partition coefficient (Wildman–Crippen LogP) is 1.76. The van der Waals surface area contributed by atoms with Gasteiger partial charge in [-0.1, -0.05) is 11.6 Å². The number of primary sulfonamides is 1. The average molecular weight is 285 g/mol. The Morgan fingerprint density at radius 1 is 1.28 bits per heavy atom. The number of nitrogens with two attached hydrogens (primary N) is 1. The van der Waals surface area contributed by atoms with Gasteiger partial charge in [0, 0.05) is 11.8 Å². The zero-order valence-electron chi connectivity index (χ0n) is 9.04. The Morgan fingerprint density at radius 2 is 2.00 bits per heavy atom. The largest absolute Gasteiger partial charge is 0.506 e. The third kappa shape index (κ3) is 2.45. The normalized spacial score (nSPS) is 11.4. The standard InChI is InChI=1S/C11H9ClN2O3S/c12-9-4-3-7(18(13,16)17)6-8(9)11-10(15)2-1-5-14-11/h1-6,15H,(H2,13,16,17). The maximum atomic E-state index is 11.3. The molecule has 0 amide bonds. The second kappa shape index (κ2) is 4.56. The molecule has 0 aliphatic heterocycles. The van der Waals surface area contributed by atoms with Gasteiger partial charge < -0.3 is 5.11 Å². The summed E-state index contributed by atoms with van der Waals surface area (Å²) in [5.41, 5.74) is 0.509. The molecule has 0 saturated carbocycles. The van der Waals surface area contributed by atoms with Crippen LogP contribution in [-0.4, -0.2) is 18.5 Å². The number of halogens is 1.